The Hall–Kier alpha value is -4.14. The van der Waals surface area contributed by atoms with Crippen molar-refractivity contribution in [3.63, 3.8) is 0 Å². The van der Waals surface area contributed by atoms with Crippen LogP contribution in [0.1, 0.15) is 35.5 Å². The van der Waals surface area contributed by atoms with Crippen LogP contribution in [0, 0.1) is 0 Å². The molecule has 1 aliphatic heterocycles. The molecular weight excluding hydrogens is 449 g/mol. The number of halogens is 3. The molecule has 9 heteroatoms. The lowest BCUT2D eigenvalue weighted by atomic mass is 10.1. The lowest BCUT2D eigenvalue weighted by Gasteiger charge is -2.14. The van der Waals surface area contributed by atoms with E-state index in [2.05, 4.69) is 5.10 Å². The van der Waals surface area contributed by atoms with Gasteiger partial charge in [0.1, 0.15) is 11.5 Å². The van der Waals surface area contributed by atoms with Crippen molar-refractivity contribution >= 4 is 29.4 Å². The van der Waals surface area contributed by atoms with E-state index in [9.17, 15) is 22.8 Å². The lowest BCUT2D eigenvalue weighted by molar-refractivity contribution is -0.137. The molecule has 0 atom stereocenters. The zero-order chi connectivity index (χ0) is 24.5. The highest BCUT2D eigenvalue weighted by Crippen LogP contribution is 2.33. The molecule has 34 heavy (non-hydrogen) atoms. The second-order valence-corrected chi connectivity index (χ2v) is 7.41. The highest BCUT2D eigenvalue weighted by molar-refractivity contribution is 6.32. The minimum Gasteiger partial charge on any atom is -0.462 e. The summed E-state index contributed by atoms with van der Waals surface area (Å²) >= 11 is 0. The van der Waals surface area contributed by atoms with Crippen molar-refractivity contribution in [1.82, 2.24) is 0 Å². The van der Waals surface area contributed by atoms with Crippen molar-refractivity contribution in [2.75, 3.05) is 11.6 Å². The van der Waals surface area contributed by atoms with Gasteiger partial charge in [0.15, 0.2) is 0 Å². The first-order valence-electron chi connectivity index (χ1n) is 10.3. The van der Waals surface area contributed by atoms with E-state index in [0.717, 1.165) is 17.1 Å². The summed E-state index contributed by atoms with van der Waals surface area (Å²) in [6, 6.07) is 14.5. The molecule has 0 bridgehead atoms. The van der Waals surface area contributed by atoms with Crippen LogP contribution in [0.2, 0.25) is 0 Å². The molecule has 0 aliphatic carbocycles. The molecule has 0 saturated carbocycles. The molecule has 1 aliphatic rings. The number of carbonyl (C=O) groups excluding carboxylic acids is 2. The fraction of sp³-hybridized carbons (Fsp3) is 0.160. The van der Waals surface area contributed by atoms with E-state index in [4.69, 9.17) is 9.15 Å². The average molecular weight is 468 g/mol. The van der Waals surface area contributed by atoms with Crippen molar-refractivity contribution in [2.45, 2.75) is 20.0 Å². The molecule has 0 unspecified atom stereocenters. The quantitative estimate of drug-likeness (QED) is 0.343. The van der Waals surface area contributed by atoms with Gasteiger partial charge in [0.25, 0.3) is 5.91 Å². The van der Waals surface area contributed by atoms with Gasteiger partial charge in [0.05, 0.1) is 34.7 Å². The van der Waals surface area contributed by atoms with Crippen LogP contribution < -0.4 is 5.01 Å². The Bertz CT molecular complexity index is 1320. The largest absolute Gasteiger partial charge is 0.462 e. The smallest absolute Gasteiger partial charge is 0.416 e. The van der Waals surface area contributed by atoms with Gasteiger partial charge in [-0.2, -0.15) is 23.3 Å². The Morgan fingerprint density at radius 3 is 2.62 bits per heavy atom. The Labute approximate surface area is 192 Å². The molecule has 1 amide bonds. The number of hydrogen-bond acceptors (Lipinski definition) is 5. The summed E-state index contributed by atoms with van der Waals surface area (Å²) in [6.07, 6.45) is -3.06. The van der Waals surface area contributed by atoms with Crippen molar-refractivity contribution in [3.8, 4) is 11.3 Å². The molecule has 0 radical (unpaired) electrons. The summed E-state index contributed by atoms with van der Waals surface area (Å²) < 4.78 is 50.0. The fourth-order valence-electron chi connectivity index (χ4n) is 3.41. The van der Waals surface area contributed by atoms with E-state index < -0.39 is 23.6 Å². The van der Waals surface area contributed by atoms with Crippen LogP contribution in [-0.4, -0.2) is 24.2 Å². The number of benzene rings is 2. The predicted molar refractivity (Wildman–Crippen MR) is 120 cm³/mol. The number of amides is 1. The molecule has 6 nitrogen and oxygen atoms in total. The predicted octanol–water partition coefficient (Wildman–Crippen LogP) is 5.95. The Morgan fingerprint density at radius 1 is 1.12 bits per heavy atom. The maximum Gasteiger partial charge on any atom is 0.416 e. The van der Waals surface area contributed by atoms with Gasteiger partial charge >= 0.3 is 12.1 Å². The Kier molecular flexibility index (Phi) is 6.10. The number of hydrogen-bond donors (Lipinski definition) is 0. The summed E-state index contributed by atoms with van der Waals surface area (Å²) in [7, 11) is 0. The van der Waals surface area contributed by atoms with Crippen molar-refractivity contribution in [2.24, 2.45) is 5.10 Å². The van der Waals surface area contributed by atoms with Gasteiger partial charge in [-0.1, -0.05) is 18.2 Å². The summed E-state index contributed by atoms with van der Waals surface area (Å²) in [5.41, 5.74) is 0.691. The zero-order valence-electron chi connectivity index (χ0n) is 18.2. The van der Waals surface area contributed by atoms with E-state index in [1.165, 1.54) is 18.2 Å². The summed E-state index contributed by atoms with van der Waals surface area (Å²) in [6.45, 7) is 3.57. The van der Waals surface area contributed by atoms with Gasteiger partial charge in [-0.15, -0.1) is 0 Å². The molecular formula is C25H19F3N2O4. The maximum absolute atomic E-state index is 13.1. The molecule has 3 aromatic rings. The van der Waals surface area contributed by atoms with Gasteiger partial charge in [-0.05, 0) is 62.4 Å². The maximum atomic E-state index is 13.1. The summed E-state index contributed by atoms with van der Waals surface area (Å²) in [5, 5.41) is 5.06. The molecule has 1 aromatic heterocycles. The highest BCUT2D eigenvalue weighted by atomic mass is 19.4. The molecule has 0 spiro atoms. The zero-order valence-corrected chi connectivity index (χ0v) is 18.2. The molecule has 174 valence electrons. The number of anilines is 1. The molecule has 2 aromatic carbocycles. The van der Waals surface area contributed by atoms with Gasteiger partial charge in [0, 0.05) is 5.56 Å². The molecule has 0 saturated heterocycles. The third-order valence-electron chi connectivity index (χ3n) is 5.05. The minimum absolute atomic E-state index is 0.0125. The molecule has 0 N–H and O–H groups in total. The lowest BCUT2D eigenvalue weighted by Crippen LogP contribution is -2.21. The number of rotatable bonds is 5. The van der Waals surface area contributed by atoms with Crippen LogP contribution in [-0.2, 0) is 15.7 Å². The van der Waals surface area contributed by atoms with Crippen LogP contribution in [0.25, 0.3) is 17.4 Å². The summed E-state index contributed by atoms with van der Waals surface area (Å²) in [5.74, 6) is -0.205. The molecule has 4 rings (SSSR count). The topological polar surface area (TPSA) is 72.1 Å². The molecule has 2 heterocycles. The number of esters is 1. The van der Waals surface area contributed by atoms with E-state index in [1.807, 2.05) is 0 Å². The van der Waals surface area contributed by atoms with Gasteiger partial charge in [0.2, 0.25) is 0 Å². The first kappa shape index (κ1) is 23.0. The fourth-order valence-corrected chi connectivity index (χ4v) is 3.41. The summed E-state index contributed by atoms with van der Waals surface area (Å²) in [4.78, 5) is 24.9. The van der Waals surface area contributed by atoms with Crippen LogP contribution in [0.15, 0.2) is 75.8 Å². The molecule has 0 fully saturated rings. The third kappa shape index (κ3) is 4.63. The van der Waals surface area contributed by atoms with Crippen molar-refractivity contribution in [3.05, 3.63) is 83.1 Å². The number of alkyl halides is 3. The van der Waals surface area contributed by atoms with E-state index in [-0.39, 0.29) is 17.9 Å². The Morgan fingerprint density at radius 2 is 1.88 bits per heavy atom. The van der Waals surface area contributed by atoms with Gasteiger partial charge in [-0.3, -0.25) is 4.79 Å². The average Bonchev–Trinajstić information content (AvgIpc) is 3.39. The number of ether oxygens (including phenoxy) is 1. The van der Waals surface area contributed by atoms with E-state index >= 15 is 0 Å². The first-order valence-corrected chi connectivity index (χ1v) is 10.3. The first-order chi connectivity index (χ1) is 16.2. The second kappa shape index (κ2) is 9.01. The monoisotopic (exact) mass is 468 g/mol. The number of nitrogens with zero attached hydrogens (tertiary/aromatic N) is 2. The standard InChI is InChI=1S/C25H19F3N2O4/c1-3-33-24(32)17-7-4-6-16(12-17)22-11-10-20(34-22)14-21-15(2)29-30(23(21)31)19-9-5-8-18(13-19)25(26,27)28/h4-14H,3H2,1-2H3/b21-14-. The van der Waals surface area contributed by atoms with Crippen molar-refractivity contribution < 1.29 is 31.9 Å². The minimum atomic E-state index is -4.54. The van der Waals surface area contributed by atoms with E-state index in [1.54, 1.807) is 50.2 Å². The van der Waals surface area contributed by atoms with Crippen LogP contribution in [0.4, 0.5) is 18.9 Å². The normalized spacial score (nSPS) is 15.1. The van der Waals surface area contributed by atoms with Crippen LogP contribution in [0.3, 0.4) is 0 Å². The van der Waals surface area contributed by atoms with Crippen molar-refractivity contribution in [1.29, 1.82) is 0 Å². The van der Waals surface area contributed by atoms with Gasteiger partial charge in [-0.25, -0.2) is 4.79 Å². The van der Waals surface area contributed by atoms with Gasteiger partial charge < -0.3 is 9.15 Å². The number of furan rings is 1. The van der Waals surface area contributed by atoms with E-state index in [0.29, 0.717) is 28.4 Å². The third-order valence-corrected chi connectivity index (χ3v) is 5.05. The second-order valence-electron chi connectivity index (χ2n) is 7.41. The van der Waals surface area contributed by atoms with Crippen LogP contribution >= 0.6 is 0 Å². The highest BCUT2D eigenvalue weighted by Gasteiger charge is 2.33. The number of carbonyl (C=O) groups is 2. The SMILES string of the molecule is CCOC(=O)c1cccc(-c2ccc(/C=C3\C(=O)N(c4cccc(C(F)(F)F)c4)N=C3C)o2)c1. The van der Waals surface area contributed by atoms with Crippen LogP contribution in [0.5, 0.6) is 0 Å². The number of hydrazone groups is 1. The Balaban J connectivity index is 1.59.